The maximum Gasteiger partial charge on any atom is 0.224 e. The lowest BCUT2D eigenvalue weighted by atomic mass is 10.1. The van der Waals surface area contributed by atoms with Crippen molar-refractivity contribution < 1.29 is 4.79 Å². The molecule has 1 unspecified atom stereocenters. The van der Waals surface area contributed by atoms with Gasteiger partial charge in [0.1, 0.15) is 5.01 Å². The predicted octanol–water partition coefficient (Wildman–Crippen LogP) is 3.70. The molecule has 2 heterocycles. The molecule has 22 heavy (non-hydrogen) atoms. The molecule has 2 aromatic rings. The fraction of sp³-hybridized carbons (Fsp3) is 0.375. The average molecular weight is 338 g/mol. The summed E-state index contributed by atoms with van der Waals surface area (Å²) in [6.07, 6.45) is 5.69. The van der Waals surface area contributed by atoms with Crippen molar-refractivity contribution in [3.05, 3.63) is 35.8 Å². The number of hydrogen-bond donors (Lipinski definition) is 2. The molecule has 0 aliphatic carbocycles. The Labute approximate surface area is 140 Å². The monoisotopic (exact) mass is 337 g/mol. The van der Waals surface area contributed by atoms with E-state index in [0.717, 1.165) is 29.2 Å². The zero-order chi connectivity index (χ0) is 14.5. The van der Waals surface area contributed by atoms with Gasteiger partial charge in [-0.3, -0.25) is 4.79 Å². The lowest BCUT2D eigenvalue weighted by molar-refractivity contribution is -0.116. The summed E-state index contributed by atoms with van der Waals surface area (Å²) in [5.41, 5.74) is 1.88. The number of rotatable bonds is 5. The summed E-state index contributed by atoms with van der Waals surface area (Å²) in [5, 5.41) is 9.32. The third-order valence-electron chi connectivity index (χ3n) is 3.71. The average Bonchev–Trinajstić information content (AvgIpc) is 3.19. The Bertz CT molecular complexity index is 597. The maximum atomic E-state index is 12.0. The Morgan fingerprint density at radius 2 is 2.36 bits per heavy atom. The zero-order valence-electron chi connectivity index (χ0n) is 12.2. The second-order valence-electron chi connectivity index (χ2n) is 5.30. The van der Waals surface area contributed by atoms with Crippen LogP contribution in [0.4, 0.5) is 5.69 Å². The molecule has 0 saturated carbocycles. The lowest BCUT2D eigenvalue weighted by Crippen LogP contribution is -2.23. The van der Waals surface area contributed by atoms with Crippen LogP contribution in [0.25, 0.3) is 10.6 Å². The molecule has 3 rings (SSSR count). The van der Waals surface area contributed by atoms with Gasteiger partial charge in [-0.15, -0.1) is 23.7 Å². The molecule has 6 heteroatoms. The second kappa shape index (κ2) is 8.27. The molecule has 1 aromatic carbocycles. The van der Waals surface area contributed by atoms with Gasteiger partial charge in [0.25, 0.3) is 0 Å². The van der Waals surface area contributed by atoms with E-state index in [1.54, 1.807) is 17.5 Å². The number of anilines is 1. The van der Waals surface area contributed by atoms with Crippen molar-refractivity contribution in [2.45, 2.75) is 31.7 Å². The van der Waals surface area contributed by atoms with Crippen molar-refractivity contribution in [3.8, 4) is 10.6 Å². The van der Waals surface area contributed by atoms with Crippen LogP contribution in [0.5, 0.6) is 0 Å². The molecule has 2 N–H and O–H groups in total. The first-order chi connectivity index (χ1) is 10.3. The fourth-order valence-corrected chi connectivity index (χ4v) is 3.26. The highest BCUT2D eigenvalue weighted by Gasteiger charge is 2.15. The summed E-state index contributed by atoms with van der Waals surface area (Å²) in [4.78, 5) is 16.3. The molecule has 1 atom stereocenters. The zero-order valence-corrected chi connectivity index (χ0v) is 13.9. The summed E-state index contributed by atoms with van der Waals surface area (Å²) < 4.78 is 0. The third kappa shape index (κ3) is 4.53. The first kappa shape index (κ1) is 16.9. The molecule has 1 aliphatic rings. The Balaban J connectivity index is 0.00000176. The normalized spacial score (nSPS) is 17.0. The van der Waals surface area contributed by atoms with Gasteiger partial charge < -0.3 is 10.6 Å². The largest absolute Gasteiger partial charge is 0.326 e. The van der Waals surface area contributed by atoms with E-state index in [1.807, 2.05) is 29.6 Å². The van der Waals surface area contributed by atoms with Gasteiger partial charge in [0.05, 0.1) is 0 Å². The SMILES string of the molecule is Cl.O=C(CCC1CCCN1)Nc1cccc(-c2nccs2)c1. The summed E-state index contributed by atoms with van der Waals surface area (Å²) >= 11 is 1.60. The molecule has 0 spiro atoms. The molecular weight excluding hydrogens is 318 g/mol. The van der Waals surface area contributed by atoms with Gasteiger partial charge in [0.15, 0.2) is 0 Å². The van der Waals surface area contributed by atoms with Crippen LogP contribution in [-0.2, 0) is 4.79 Å². The molecule has 0 radical (unpaired) electrons. The van der Waals surface area contributed by atoms with Crippen molar-refractivity contribution in [3.63, 3.8) is 0 Å². The standard InChI is InChI=1S/C16H19N3OS.ClH/c20-15(7-6-13-5-2-8-17-13)19-14-4-1-3-12(11-14)16-18-9-10-21-16;/h1,3-4,9-11,13,17H,2,5-8H2,(H,19,20);1H. The number of benzene rings is 1. The van der Waals surface area contributed by atoms with E-state index in [1.165, 1.54) is 12.8 Å². The summed E-state index contributed by atoms with van der Waals surface area (Å²) in [7, 11) is 0. The summed E-state index contributed by atoms with van der Waals surface area (Å²) in [5.74, 6) is 0.0833. The van der Waals surface area contributed by atoms with Crippen LogP contribution < -0.4 is 10.6 Å². The van der Waals surface area contributed by atoms with E-state index < -0.39 is 0 Å². The topological polar surface area (TPSA) is 54.0 Å². The number of aromatic nitrogens is 1. The molecule has 118 valence electrons. The van der Waals surface area contributed by atoms with E-state index in [4.69, 9.17) is 0 Å². The Morgan fingerprint density at radius 3 is 3.09 bits per heavy atom. The Morgan fingerprint density at radius 1 is 1.45 bits per heavy atom. The maximum absolute atomic E-state index is 12.0. The van der Waals surface area contributed by atoms with Crippen molar-refractivity contribution >= 4 is 35.3 Å². The van der Waals surface area contributed by atoms with Crippen LogP contribution in [0.2, 0.25) is 0 Å². The van der Waals surface area contributed by atoms with E-state index in [2.05, 4.69) is 15.6 Å². The molecule has 1 aromatic heterocycles. The predicted molar refractivity (Wildman–Crippen MR) is 93.7 cm³/mol. The molecule has 1 amide bonds. The van der Waals surface area contributed by atoms with E-state index in [0.29, 0.717) is 12.5 Å². The first-order valence-electron chi connectivity index (χ1n) is 7.34. The highest BCUT2D eigenvalue weighted by atomic mass is 35.5. The Hall–Kier alpha value is -1.43. The minimum atomic E-state index is 0. The highest BCUT2D eigenvalue weighted by molar-refractivity contribution is 7.13. The fourth-order valence-electron chi connectivity index (χ4n) is 2.63. The van der Waals surface area contributed by atoms with Crippen LogP contribution in [0.15, 0.2) is 35.8 Å². The van der Waals surface area contributed by atoms with E-state index in [9.17, 15) is 4.79 Å². The van der Waals surface area contributed by atoms with Gasteiger partial charge in [-0.2, -0.15) is 0 Å². The summed E-state index contributed by atoms with van der Waals surface area (Å²) in [6, 6.07) is 8.37. The van der Waals surface area contributed by atoms with Crippen molar-refractivity contribution in [1.29, 1.82) is 0 Å². The minimum absolute atomic E-state index is 0. The molecular formula is C16H20ClN3OS. The molecule has 0 bridgehead atoms. The second-order valence-corrected chi connectivity index (χ2v) is 6.19. The van der Waals surface area contributed by atoms with Crippen LogP contribution in [0, 0.1) is 0 Å². The number of carbonyl (C=O) groups is 1. The number of nitrogens with zero attached hydrogens (tertiary/aromatic N) is 1. The van der Waals surface area contributed by atoms with Gasteiger partial charge in [-0.25, -0.2) is 4.98 Å². The number of hydrogen-bond acceptors (Lipinski definition) is 4. The van der Waals surface area contributed by atoms with Gasteiger partial charge in [0.2, 0.25) is 5.91 Å². The van der Waals surface area contributed by atoms with Crippen LogP contribution in [0.1, 0.15) is 25.7 Å². The number of carbonyl (C=O) groups excluding carboxylic acids is 1. The smallest absolute Gasteiger partial charge is 0.224 e. The summed E-state index contributed by atoms with van der Waals surface area (Å²) in [6.45, 7) is 1.09. The molecule has 1 saturated heterocycles. The first-order valence-corrected chi connectivity index (χ1v) is 8.22. The molecule has 4 nitrogen and oxygen atoms in total. The number of halogens is 1. The van der Waals surface area contributed by atoms with Crippen LogP contribution >= 0.6 is 23.7 Å². The quantitative estimate of drug-likeness (QED) is 0.874. The molecule has 1 aliphatic heterocycles. The van der Waals surface area contributed by atoms with Gasteiger partial charge in [0, 0.05) is 35.3 Å². The van der Waals surface area contributed by atoms with Crippen LogP contribution in [-0.4, -0.2) is 23.5 Å². The minimum Gasteiger partial charge on any atom is -0.326 e. The highest BCUT2D eigenvalue weighted by Crippen LogP contribution is 2.24. The number of nitrogens with one attached hydrogen (secondary N) is 2. The Kier molecular flexibility index (Phi) is 6.36. The van der Waals surface area contributed by atoms with Crippen molar-refractivity contribution in [2.75, 3.05) is 11.9 Å². The van der Waals surface area contributed by atoms with Gasteiger partial charge >= 0.3 is 0 Å². The van der Waals surface area contributed by atoms with Crippen molar-refractivity contribution in [1.82, 2.24) is 10.3 Å². The number of thiazole rings is 1. The number of amides is 1. The van der Waals surface area contributed by atoms with E-state index in [-0.39, 0.29) is 18.3 Å². The lowest BCUT2D eigenvalue weighted by Gasteiger charge is -2.10. The van der Waals surface area contributed by atoms with E-state index >= 15 is 0 Å². The van der Waals surface area contributed by atoms with Crippen molar-refractivity contribution in [2.24, 2.45) is 0 Å². The van der Waals surface area contributed by atoms with Crippen LogP contribution in [0.3, 0.4) is 0 Å². The van der Waals surface area contributed by atoms with Gasteiger partial charge in [-0.1, -0.05) is 12.1 Å². The third-order valence-corrected chi connectivity index (χ3v) is 4.53. The molecule has 1 fully saturated rings. The van der Waals surface area contributed by atoms with Gasteiger partial charge in [-0.05, 0) is 37.9 Å².